The van der Waals surface area contributed by atoms with Gasteiger partial charge < -0.3 is 10.9 Å². The fourth-order valence-corrected chi connectivity index (χ4v) is 4.59. The van der Waals surface area contributed by atoms with E-state index in [-0.39, 0.29) is 34.4 Å². The van der Waals surface area contributed by atoms with Crippen LogP contribution in [-0.2, 0) is 0 Å². The van der Waals surface area contributed by atoms with Gasteiger partial charge in [-0.3, -0.25) is 4.79 Å². The zero-order valence-corrected chi connectivity index (χ0v) is 20.6. The number of hydrogen-bond donors (Lipinski definition) is 0. The maximum atomic E-state index is 12.9. The molecule has 0 amide bonds. The fraction of sp³-hybridized carbons (Fsp3) is 0.435. The SMILES string of the molecule is CCCCCOc1ccc(PC(=O)c2c(Cl)cccc2Cl)c(OCCCCC)c1.[H-].[Li+]. The van der Waals surface area contributed by atoms with Gasteiger partial charge in [0.2, 0.25) is 0 Å². The van der Waals surface area contributed by atoms with Crippen LogP contribution in [0.4, 0.5) is 0 Å². The number of rotatable bonds is 13. The quantitative estimate of drug-likeness (QED) is 0.251. The molecule has 7 heteroatoms. The predicted octanol–water partition coefficient (Wildman–Crippen LogP) is 4.39. The van der Waals surface area contributed by atoms with Crippen molar-refractivity contribution in [2.75, 3.05) is 13.2 Å². The largest absolute Gasteiger partial charge is 1.00 e. The van der Waals surface area contributed by atoms with Crippen molar-refractivity contribution in [2.45, 2.75) is 52.4 Å². The maximum Gasteiger partial charge on any atom is 1.00 e. The Labute approximate surface area is 205 Å². The second kappa shape index (κ2) is 15.2. The van der Waals surface area contributed by atoms with Gasteiger partial charge in [0.05, 0.1) is 28.8 Å². The Morgan fingerprint density at radius 1 is 0.933 bits per heavy atom. The Morgan fingerprint density at radius 2 is 1.53 bits per heavy atom. The summed E-state index contributed by atoms with van der Waals surface area (Å²) >= 11 is 12.4. The van der Waals surface area contributed by atoms with E-state index in [9.17, 15) is 4.79 Å². The van der Waals surface area contributed by atoms with Crippen LogP contribution in [0, 0.1) is 0 Å². The summed E-state index contributed by atoms with van der Waals surface area (Å²) in [4.78, 5) is 12.9. The van der Waals surface area contributed by atoms with Gasteiger partial charge in [-0.15, -0.1) is 0 Å². The third-order valence-corrected chi connectivity index (χ3v) is 6.20. The van der Waals surface area contributed by atoms with Crippen LogP contribution in [-0.4, -0.2) is 18.7 Å². The molecule has 2 rings (SSSR count). The molecule has 0 bridgehead atoms. The Hall–Kier alpha value is -0.683. The molecule has 3 nitrogen and oxygen atoms in total. The van der Waals surface area contributed by atoms with Crippen molar-refractivity contribution in [3.63, 3.8) is 0 Å². The third-order valence-electron chi connectivity index (χ3n) is 4.41. The van der Waals surface area contributed by atoms with E-state index in [0.29, 0.717) is 34.6 Å². The van der Waals surface area contributed by atoms with Gasteiger partial charge in [0.1, 0.15) is 11.5 Å². The molecule has 1 atom stereocenters. The first-order valence-corrected chi connectivity index (χ1v) is 12.0. The summed E-state index contributed by atoms with van der Waals surface area (Å²) in [7, 11) is -0.130. The van der Waals surface area contributed by atoms with Gasteiger partial charge in [-0.05, 0) is 45.7 Å². The average Bonchev–Trinajstić information content (AvgIpc) is 2.70. The standard InChI is InChI=1S/C23H29Cl2O3P.Li.H/c1-3-5-7-14-27-17-12-13-21(20(16-17)28-15-8-6-4-2)29-23(26)22-18(24)10-9-11-19(22)25;;/h9-13,16,29H,3-8,14-15H2,1-2H3;;/q;+1;-1. The molecule has 0 spiro atoms. The minimum Gasteiger partial charge on any atom is -1.00 e. The number of benzene rings is 2. The van der Waals surface area contributed by atoms with Crippen molar-refractivity contribution in [2.24, 2.45) is 0 Å². The first-order chi connectivity index (χ1) is 14.1. The summed E-state index contributed by atoms with van der Waals surface area (Å²) < 4.78 is 11.9. The summed E-state index contributed by atoms with van der Waals surface area (Å²) in [6.45, 7) is 5.62. The minimum atomic E-state index is -0.130. The molecule has 160 valence electrons. The van der Waals surface area contributed by atoms with Crippen LogP contribution in [0.5, 0.6) is 11.5 Å². The third kappa shape index (κ3) is 8.82. The molecule has 0 aromatic heterocycles. The molecule has 0 heterocycles. The topological polar surface area (TPSA) is 35.5 Å². The molecule has 1 unspecified atom stereocenters. The van der Waals surface area contributed by atoms with Crippen LogP contribution < -0.4 is 33.6 Å². The van der Waals surface area contributed by atoms with Crippen molar-refractivity contribution >= 4 is 42.6 Å². The summed E-state index contributed by atoms with van der Waals surface area (Å²) in [6, 6.07) is 10.8. The molecule has 30 heavy (non-hydrogen) atoms. The van der Waals surface area contributed by atoms with E-state index in [0.717, 1.165) is 49.6 Å². The monoisotopic (exact) mass is 462 g/mol. The van der Waals surface area contributed by atoms with Crippen molar-refractivity contribution in [1.82, 2.24) is 0 Å². The van der Waals surface area contributed by atoms with E-state index < -0.39 is 0 Å². The number of carbonyl (C=O) groups is 1. The smallest absolute Gasteiger partial charge is 1.00 e. The number of hydrogen-bond acceptors (Lipinski definition) is 3. The zero-order chi connectivity index (χ0) is 21.1. The molecule has 0 aliphatic carbocycles. The fourth-order valence-electron chi connectivity index (χ4n) is 2.79. The van der Waals surface area contributed by atoms with E-state index in [1.54, 1.807) is 18.2 Å². The van der Waals surface area contributed by atoms with Gasteiger partial charge in [-0.2, -0.15) is 0 Å². The minimum absolute atomic E-state index is 0. The maximum absolute atomic E-state index is 12.9. The number of halogens is 2. The molecular formula is C23H30Cl2LiO3P. The second-order valence-electron chi connectivity index (χ2n) is 6.82. The average molecular weight is 463 g/mol. The van der Waals surface area contributed by atoms with E-state index in [2.05, 4.69) is 13.8 Å². The molecule has 2 aromatic rings. The Morgan fingerprint density at radius 3 is 2.13 bits per heavy atom. The van der Waals surface area contributed by atoms with Crippen LogP contribution in [0.25, 0.3) is 0 Å². The first-order valence-electron chi connectivity index (χ1n) is 10.2. The van der Waals surface area contributed by atoms with E-state index in [1.165, 1.54) is 0 Å². The van der Waals surface area contributed by atoms with Crippen molar-refractivity contribution in [3.8, 4) is 11.5 Å². The second-order valence-corrected chi connectivity index (χ2v) is 8.88. The molecule has 0 fully saturated rings. The summed E-state index contributed by atoms with van der Waals surface area (Å²) in [5.41, 5.74) is 0.265. The van der Waals surface area contributed by atoms with E-state index in [4.69, 9.17) is 32.7 Å². The van der Waals surface area contributed by atoms with Crippen LogP contribution in [0.3, 0.4) is 0 Å². The summed E-state index contributed by atoms with van der Waals surface area (Å²) in [6.07, 6.45) is 6.54. The van der Waals surface area contributed by atoms with Gasteiger partial charge in [-0.1, -0.05) is 68.8 Å². The van der Waals surface area contributed by atoms with Crippen LogP contribution in [0.15, 0.2) is 36.4 Å². The molecule has 0 saturated carbocycles. The van der Waals surface area contributed by atoms with E-state index >= 15 is 0 Å². The Bertz CT molecular complexity index is 788. The van der Waals surface area contributed by atoms with Gasteiger partial charge in [0.25, 0.3) is 0 Å². The molecular weight excluding hydrogens is 433 g/mol. The number of ether oxygens (including phenoxy) is 2. The first kappa shape index (κ1) is 27.4. The Kier molecular flexibility index (Phi) is 13.8. The van der Waals surface area contributed by atoms with Gasteiger partial charge >= 0.3 is 18.9 Å². The summed E-state index contributed by atoms with van der Waals surface area (Å²) in [5, 5.41) is 1.58. The number of unbranched alkanes of at least 4 members (excludes halogenated alkanes) is 4. The van der Waals surface area contributed by atoms with E-state index in [1.807, 2.05) is 18.2 Å². The van der Waals surface area contributed by atoms with Crippen LogP contribution in [0.2, 0.25) is 10.0 Å². The molecule has 0 saturated heterocycles. The van der Waals surface area contributed by atoms with Crippen molar-refractivity contribution in [3.05, 3.63) is 52.0 Å². The van der Waals surface area contributed by atoms with Crippen LogP contribution in [0.1, 0.15) is 64.2 Å². The Balaban J connectivity index is 0.00000450. The molecule has 0 aliphatic heterocycles. The van der Waals surface area contributed by atoms with Gasteiger partial charge in [0.15, 0.2) is 5.52 Å². The number of carbonyl (C=O) groups excluding carboxylic acids is 1. The normalized spacial score (nSPS) is 10.8. The predicted molar refractivity (Wildman–Crippen MR) is 126 cm³/mol. The van der Waals surface area contributed by atoms with Crippen molar-refractivity contribution in [1.29, 1.82) is 0 Å². The van der Waals surface area contributed by atoms with Crippen molar-refractivity contribution < 1.29 is 34.6 Å². The zero-order valence-electron chi connectivity index (χ0n) is 19.1. The van der Waals surface area contributed by atoms with Gasteiger partial charge in [-0.25, -0.2) is 0 Å². The molecule has 0 aliphatic rings. The van der Waals surface area contributed by atoms with Crippen LogP contribution >= 0.6 is 31.8 Å². The molecule has 0 radical (unpaired) electrons. The van der Waals surface area contributed by atoms with Gasteiger partial charge in [0, 0.05) is 11.4 Å². The molecule has 0 N–H and O–H groups in total. The summed E-state index contributed by atoms with van der Waals surface area (Å²) in [5.74, 6) is 1.47. The molecule has 2 aromatic carbocycles.